The maximum absolute atomic E-state index is 5.68. The van der Waals surface area contributed by atoms with Gasteiger partial charge in [0.25, 0.3) is 0 Å². The molecule has 0 atom stereocenters. The number of rotatable bonds is 7. The van der Waals surface area contributed by atoms with Crippen molar-refractivity contribution in [1.82, 2.24) is 0 Å². The predicted octanol–water partition coefficient (Wildman–Crippen LogP) is 3.26. The van der Waals surface area contributed by atoms with Crippen LogP contribution in [0.3, 0.4) is 0 Å². The Labute approximate surface area is 126 Å². The molecule has 2 N–H and O–H groups in total. The lowest BCUT2D eigenvalue weighted by molar-refractivity contribution is 0.217. The van der Waals surface area contributed by atoms with Gasteiger partial charge in [0.2, 0.25) is 0 Å². The Morgan fingerprint density at radius 2 is 1.43 bits per heavy atom. The largest absolute Gasteiger partial charge is 0.490 e. The van der Waals surface area contributed by atoms with Crippen LogP contribution in [-0.2, 0) is 6.42 Å². The Kier molecular flexibility index (Phi) is 5.64. The molecule has 0 aliphatic heterocycles. The molecule has 0 spiro atoms. The molecule has 0 saturated carbocycles. The minimum absolute atomic E-state index is 0.531. The van der Waals surface area contributed by atoms with Crippen molar-refractivity contribution in [3.05, 3.63) is 59.2 Å². The molecule has 0 amide bonds. The van der Waals surface area contributed by atoms with Crippen LogP contribution < -0.4 is 15.2 Å². The van der Waals surface area contributed by atoms with Gasteiger partial charge in [0.15, 0.2) is 0 Å². The highest BCUT2D eigenvalue weighted by atomic mass is 16.5. The van der Waals surface area contributed by atoms with E-state index >= 15 is 0 Å². The van der Waals surface area contributed by atoms with Crippen molar-refractivity contribution >= 4 is 0 Å². The third kappa shape index (κ3) is 4.80. The summed E-state index contributed by atoms with van der Waals surface area (Å²) in [5.74, 6) is 1.75. The SMILES string of the molecule is Cc1ccc(OCCOc2ccc(CCN)cc2)cc1C. The molecule has 0 bridgehead atoms. The van der Waals surface area contributed by atoms with Crippen LogP contribution in [-0.4, -0.2) is 19.8 Å². The van der Waals surface area contributed by atoms with E-state index < -0.39 is 0 Å². The summed E-state index contributed by atoms with van der Waals surface area (Å²) in [6, 6.07) is 14.2. The summed E-state index contributed by atoms with van der Waals surface area (Å²) in [5, 5.41) is 0. The highest BCUT2D eigenvalue weighted by molar-refractivity contribution is 5.33. The quantitative estimate of drug-likeness (QED) is 0.794. The molecule has 0 heterocycles. The van der Waals surface area contributed by atoms with Gasteiger partial charge in [0.1, 0.15) is 24.7 Å². The monoisotopic (exact) mass is 285 g/mol. The van der Waals surface area contributed by atoms with Crippen molar-refractivity contribution in [2.24, 2.45) is 5.73 Å². The number of hydrogen-bond acceptors (Lipinski definition) is 3. The fraction of sp³-hybridized carbons (Fsp3) is 0.333. The predicted molar refractivity (Wildman–Crippen MR) is 86.1 cm³/mol. The molecule has 2 rings (SSSR count). The van der Waals surface area contributed by atoms with Crippen molar-refractivity contribution in [3.8, 4) is 11.5 Å². The first-order chi connectivity index (χ1) is 10.2. The van der Waals surface area contributed by atoms with Crippen LogP contribution in [0.15, 0.2) is 42.5 Å². The summed E-state index contributed by atoms with van der Waals surface area (Å²) in [6.45, 7) is 5.92. The number of nitrogens with two attached hydrogens (primary N) is 1. The number of aryl methyl sites for hydroxylation is 2. The topological polar surface area (TPSA) is 44.5 Å². The molecule has 0 unspecified atom stereocenters. The summed E-state index contributed by atoms with van der Waals surface area (Å²) < 4.78 is 11.3. The maximum Gasteiger partial charge on any atom is 0.122 e. The van der Waals surface area contributed by atoms with Crippen molar-refractivity contribution in [3.63, 3.8) is 0 Å². The Bertz CT molecular complexity index is 564. The molecule has 21 heavy (non-hydrogen) atoms. The molecule has 2 aromatic rings. The summed E-state index contributed by atoms with van der Waals surface area (Å²) >= 11 is 0. The molecule has 0 aromatic heterocycles. The lowest BCUT2D eigenvalue weighted by Gasteiger charge is -2.10. The Hall–Kier alpha value is -2.00. The second-order valence-corrected chi connectivity index (χ2v) is 5.13. The number of hydrogen-bond donors (Lipinski definition) is 1. The van der Waals surface area contributed by atoms with Crippen LogP contribution in [0.5, 0.6) is 11.5 Å². The van der Waals surface area contributed by atoms with Crippen molar-refractivity contribution in [2.75, 3.05) is 19.8 Å². The Balaban J connectivity index is 1.75. The van der Waals surface area contributed by atoms with Gasteiger partial charge in [0.05, 0.1) is 0 Å². The second-order valence-electron chi connectivity index (χ2n) is 5.13. The molecule has 0 aliphatic rings. The van der Waals surface area contributed by atoms with Crippen molar-refractivity contribution in [1.29, 1.82) is 0 Å². The van der Waals surface area contributed by atoms with Crippen LogP contribution >= 0.6 is 0 Å². The van der Waals surface area contributed by atoms with Gasteiger partial charge >= 0.3 is 0 Å². The van der Waals surface area contributed by atoms with Crippen molar-refractivity contribution < 1.29 is 9.47 Å². The molecule has 3 nitrogen and oxygen atoms in total. The minimum Gasteiger partial charge on any atom is -0.490 e. The normalized spacial score (nSPS) is 10.4. The van der Waals surface area contributed by atoms with E-state index in [0.29, 0.717) is 19.8 Å². The zero-order chi connectivity index (χ0) is 15.1. The molecule has 2 aromatic carbocycles. The third-order valence-corrected chi connectivity index (χ3v) is 3.46. The van der Waals surface area contributed by atoms with Crippen LogP contribution in [0.25, 0.3) is 0 Å². The summed E-state index contributed by atoms with van der Waals surface area (Å²) in [5.41, 5.74) is 9.27. The number of ether oxygens (including phenoxy) is 2. The number of benzene rings is 2. The lowest BCUT2D eigenvalue weighted by Crippen LogP contribution is -2.09. The van der Waals surface area contributed by atoms with Gasteiger partial charge in [-0.3, -0.25) is 0 Å². The summed E-state index contributed by atoms with van der Waals surface area (Å²) in [6.07, 6.45) is 0.899. The molecule has 3 heteroatoms. The van der Waals surface area contributed by atoms with E-state index in [-0.39, 0.29) is 0 Å². The molecule has 0 fully saturated rings. The van der Waals surface area contributed by atoms with Gasteiger partial charge in [-0.15, -0.1) is 0 Å². The van der Waals surface area contributed by atoms with E-state index in [0.717, 1.165) is 17.9 Å². The van der Waals surface area contributed by atoms with E-state index in [1.165, 1.54) is 16.7 Å². The van der Waals surface area contributed by atoms with Crippen LogP contribution in [0.1, 0.15) is 16.7 Å². The summed E-state index contributed by atoms with van der Waals surface area (Å²) in [7, 11) is 0. The Morgan fingerprint density at radius 3 is 2.05 bits per heavy atom. The minimum atomic E-state index is 0.531. The van der Waals surface area contributed by atoms with Gasteiger partial charge in [-0.25, -0.2) is 0 Å². The first-order valence-corrected chi connectivity index (χ1v) is 7.31. The lowest BCUT2D eigenvalue weighted by atomic mass is 10.1. The summed E-state index contributed by atoms with van der Waals surface area (Å²) in [4.78, 5) is 0. The zero-order valence-electron chi connectivity index (χ0n) is 12.8. The highest BCUT2D eigenvalue weighted by Crippen LogP contribution is 2.16. The van der Waals surface area contributed by atoms with E-state index in [2.05, 4.69) is 26.0 Å². The standard InChI is InChI=1S/C18H23NO2/c1-14-3-6-18(13-15(14)2)21-12-11-20-17-7-4-16(5-8-17)9-10-19/h3-8,13H,9-12,19H2,1-2H3. The smallest absolute Gasteiger partial charge is 0.122 e. The van der Waals surface area contributed by atoms with Crippen molar-refractivity contribution in [2.45, 2.75) is 20.3 Å². The van der Waals surface area contributed by atoms with Gasteiger partial charge in [-0.1, -0.05) is 18.2 Å². The Morgan fingerprint density at radius 1 is 0.810 bits per heavy atom. The fourth-order valence-electron chi connectivity index (χ4n) is 2.04. The molecular formula is C18H23NO2. The third-order valence-electron chi connectivity index (χ3n) is 3.46. The van der Waals surface area contributed by atoms with Crippen LogP contribution in [0.4, 0.5) is 0 Å². The molecule has 0 saturated heterocycles. The van der Waals surface area contributed by atoms with E-state index in [1.807, 2.05) is 30.3 Å². The maximum atomic E-state index is 5.68. The average molecular weight is 285 g/mol. The van der Waals surface area contributed by atoms with Gasteiger partial charge < -0.3 is 15.2 Å². The zero-order valence-corrected chi connectivity index (χ0v) is 12.8. The van der Waals surface area contributed by atoms with E-state index in [9.17, 15) is 0 Å². The first kappa shape index (κ1) is 15.4. The van der Waals surface area contributed by atoms with E-state index in [1.54, 1.807) is 0 Å². The first-order valence-electron chi connectivity index (χ1n) is 7.31. The van der Waals surface area contributed by atoms with Gasteiger partial charge in [0, 0.05) is 0 Å². The highest BCUT2D eigenvalue weighted by Gasteiger charge is 1.99. The molecule has 0 radical (unpaired) electrons. The van der Waals surface area contributed by atoms with Crippen LogP contribution in [0.2, 0.25) is 0 Å². The average Bonchev–Trinajstić information content (AvgIpc) is 2.49. The second kappa shape index (κ2) is 7.70. The molecule has 112 valence electrons. The van der Waals surface area contributed by atoms with E-state index in [4.69, 9.17) is 15.2 Å². The van der Waals surface area contributed by atoms with Gasteiger partial charge in [-0.05, 0) is 67.8 Å². The molecule has 0 aliphatic carbocycles. The van der Waals surface area contributed by atoms with Gasteiger partial charge in [-0.2, -0.15) is 0 Å². The molecular weight excluding hydrogens is 262 g/mol. The fourth-order valence-corrected chi connectivity index (χ4v) is 2.04. The van der Waals surface area contributed by atoms with Crippen LogP contribution in [0, 0.1) is 13.8 Å².